The van der Waals surface area contributed by atoms with Crippen molar-refractivity contribution in [2.75, 3.05) is 25.0 Å². The summed E-state index contributed by atoms with van der Waals surface area (Å²) < 4.78 is 21.3. The zero-order valence-electron chi connectivity index (χ0n) is 17.3. The fourth-order valence-electron chi connectivity index (χ4n) is 4.10. The number of halogens is 1. The Morgan fingerprint density at radius 3 is 2.87 bits per heavy atom. The summed E-state index contributed by atoms with van der Waals surface area (Å²) in [5.74, 6) is 0.841. The van der Waals surface area contributed by atoms with Gasteiger partial charge in [-0.1, -0.05) is 24.3 Å². The summed E-state index contributed by atoms with van der Waals surface area (Å²) >= 11 is 0. The van der Waals surface area contributed by atoms with Crippen LogP contribution >= 0.6 is 0 Å². The fourth-order valence-corrected chi connectivity index (χ4v) is 4.10. The second-order valence-electron chi connectivity index (χ2n) is 7.81. The van der Waals surface area contributed by atoms with Crippen molar-refractivity contribution >= 4 is 22.5 Å². The number of ether oxygens (including phenoxy) is 1. The Labute approximate surface area is 180 Å². The third-order valence-corrected chi connectivity index (χ3v) is 5.61. The van der Waals surface area contributed by atoms with E-state index in [0.29, 0.717) is 18.2 Å². The quantitative estimate of drug-likeness (QED) is 0.521. The molecule has 0 bridgehead atoms. The molecule has 1 aromatic carbocycles. The maximum atomic E-state index is 13.1. The Kier molecular flexibility index (Phi) is 5.36. The van der Waals surface area contributed by atoms with Gasteiger partial charge in [0.25, 0.3) is 0 Å². The van der Waals surface area contributed by atoms with Gasteiger partial charge in [0.2, 0.25) is 0 Å². The van der Waals surface area contributed by atoms with Gasteiger partial charge >= 0.3 is 0 Å². The number of benzene rings is 1. The summed E-state index contributed by atoms with van der Waals surface area (Å²) in [5.41, 5.74) is 3.44. The smallest absolute Gasteiger partial charge is 0.141 e. The summed E-state index contributed by atoms with van der Waals surface area (Å²) in [7, 11) is 2.09. The van der Waals surface area contributed by atoms with E-state index < -0.39 is 0 Å². The minimum absolute atomic E-state index is 0.105. The summed E-state index contributed by atoms with van der Waals surface area (Å²) in [5, 5.41) is 4.42. The SMILES string of the molecule is Cn1cc(CN2CCOC(c3cccc(Nc4ccc(F)cn4)n3)C2)c2ccccc21. The molecule has 1 fully saturated rings. The molecule has 5 rings (SSSR count). The summed E-state index contributed by atoms with van der Waals surface area (Å²) in [6.07, 6.45) is 3.29. The van der Waals surface area contributed by atoms with Gasteiger partial charge in [0.1, 0.15) is 23.6 Å². The van der Waals surface area contributed by atoms with Crippen LogP contribution < -0.4 is 5.32 Å². The molecule has 1 unspecified atom stereocenters. The van der Waals surface area contributed by atoms with Crippen molar-refractivity contribution in [2.45, 2.75) is 12.6 Å². The second kappa shape index (κ2) is 8.45. The van der Waals surface area contributed by atoms with Crippen molar-refractivity contribution in [3.63, 3.8) is 0 Å². The number of para-hydroxylation sites is 1. The number of fused-ring (bicyclic) bond motifs is 1. The molecule has 6 nitrogen and oxygen atoms in total. The first-order valence-corrected chi connectivity index (χ1v) is 10.4. The van der Waals surface area contributed by atoms with Gasteiger partial charge in [-0.15, -0.1) is 0 Å². The van der Waals surface area contributed by atoms with Crippen molar-refractivity contribution in [1.82, 2.24) is 19.4 Å². The molecule has 0 saturated carbocycles. The molecule has 4 heterocycles. The number of pyridine rings is 2. The van der Waals surface area contributed by atoms with Crippen LogP contribution in [0.25, 0.3) is 10.9 Å². The molecule has 0 aliphatic carbocycles. The Hall–Kier alpha value is -3.29. The van der Waals surface area contributed by atoms with Gasteiger partial charge in [-0.3, -0.25) is 4.90 Å². The van der Waals surface area contributed by atoms with Crippen LogP contribution in [-0.2, 0) is 18.3 Å². The maximum absolute atomic E-state index is 13.1. The topological polar surface area (TPSA) is 55.2 Å². The number of aryl methyl sites for hydroxylation is 1. The van der Waals surface area contributed by atoms with Crippen molar-refractivity contribution in [1.29, 1.82) is 0 Å². The molecule has 1 aliphatic rings. The van der Waals surface area contributed by atoms with Crippen molar-refractivity contribution < 1.29 is 9.13 Å². The maximum Gasteiger partial charge on any atom is 0.141 e. The van der Waals surface area contributed by atoms with Crippen molar-refractivity contribution in [3.8, 4) is 0 Å². The molecule has 0 amide bonds. The molecule has 4 aromatic rings. The molecule has 0 radical (unpaired) electrons. The van der Waals surface area contributed by atoms with Crippen LogP contribution in [0.15, 0.2) is 67.0 Å². The lowest BCUT2D eigenvalue weighted by Crippen LogP contribution is -2.38. The number of anilines is 2. The van der Waals surface area contributed by atoms with E-state index in [2.05, 4.69) is 57.3 Å². The van der Waals surface area contributed by atoms with E-state index in [-0.39, 0.29) is 11.9 Å². The minimum Gasteiger partial charge on any atom is -0.369 e. The van der Waals surface area contributed by atoms with Gasteiger partial charge in [-0.25, -0.2) is 14.4 Å². The largest absolute Gasteiger partial charge is 0.369 e. The standard InChI is InChI=1S/C24H24FN5O/c1-29-14-17(19-5-2-3-7-21(19)29)15-30-11-12-31-22(16-30)20-6-4-8-24(27-20)28-23-10-9-18(25)13-26-23/h2-10,13-14,22H,11-12,15-16H2,1H3,(H,26,27,28). The summed E-state index contributed by atoms with van der Waals surface area (Å²) in [6.45, 7) is 3.19. The monoisotopic (exact) mass is 417 g/mol. The molecule has 1 saturated heterocycles. The molecular formula is C24H24FN5O. The Morgan fingerprint density at radius 2 is 2.00 bits per heavy atom. The van der Waals surface area contributed by atoms with E-state index >= 15 is 0 Å². The summed E-state index contributed by atoms with van der Waals surface area (Å²) in [6, 6.07) is 17.3. The van der Waals surface area contributed by atoms with Crippen LogP contribution in [0.5, 0.6) is 0 Å². The number of hydrogen-bond donors (Lipinski definition) is 1. The first-order chi connectivity index (χ1) is 15.2. The predicted molar refractivity (Wildman–Crippen MR) is 119 cm³/mol. The molecule has 158 valence electrons. The predicted octanol–water partition coefficient (Wildman–Crippen LogP) is 4.42. The minimum atomic E-state index is -0.367. The number of nitrogens with zero attached hydrogens (tertiary/aromatic N) is 4. The molecule has 3 aromatic heterocycles. The van der Waals surface area contributed by atoms with E-state index in [0.717, 1.165) is 25.3 Å². The Balaban J connectivity index is 1.30. The van der Waals surface area contributed by atoms with Gasteiger partial charge in [0.05, 0.1) is 18.5 Å². The molecule has 1 aliphatic heterocycles. The number of morpholine rings is 1. The van der Waals surface area contributed by atoms with Crippen LogP contribution in [-0.4, -0.2) is 39.1 Å². The molecular weight excluding hydrogens is 393 g/mol. The van der Waals surface area contributed by atoms with E-state index in [1.165, 1.54) is 28.7 Å². The van der Waals surface area contributed by atoms with E-state index in [1.807, 2.05) is 18.2 Å². The van der Waals surface area contributed by atoms with E-state index in [4.69, 9.17) is 9.72 Å². The highest BCUT2D eigenvalue weighted by Crippen LogP contribution is 2.26. The highest BCUT2D eigenvalue weighted by atomic mass is 19.1. The number of aromatic nitrogens is 3. The van der Waals surface area contributed by atoms with Gasteiger partial charge < -0.3 is 14.6 Å². The lowest BCUT2D eigenvalue weighted by atomic mass is 10.1. The first-order valence-electron chi connectivity index (χ1n) is 10.4. The molecule has 31 heavy (non-hydrogen) atoms. The first kappa shape index (κ1) is 19.7. The normalized spacial score (nSPS) is 17.2. The zero-order valence-corrected chi connectivity index (χ0v) is 17.3. The van der Waals surface area contributed by atoms with Crippen LogP contribution in [0.4, 0.5) is 16.0 Å². The van der Waals surface area contributed by atoms with E-state index in [9.17, 15) is 4.39 Å². The average Bonchev–Trinajstić information content (AvgIpc) is 3.11. The van der Waals surface area contributed by atoms with Gasteiger partial charge in [-0.2, -0.15) is 0 Å². The lowest BCUT2D eigenvalue weighted by molar-refractivity contribution is -0.0348. The zero-order chi connectivity index (χ0) is 21.2. The van der Waals surface area contributed by atoms with Crippen LogP contribution in [0.1, 0.15) is 17.4 Å². The fraction of sp³-hybridized carbons (Fsp3) is 0.250. The summed E-state index contributed by atoms with van der Waals surface area (Å²) in [4.78, 5) is 11.2. The van der Waals surface area contributed by atoms with Gasteiger partial charge in [-0.05, 0) is 35.9 Å². The number of hydrogen-bond acceptors (Lipinski definition) is 5. The molecule has 1 atom stereocenters. The highest BCUT2D eigenvalue weighted by Gasteiger charge is 2.24. The number of nitrogens with one attached hydrogen (secondary N) is 1. The van der Waals surface area contributed by atoms with Crippen molar-refractivity contribution in [2.24, 2.45) is 7.05 Å². The van der Waals surface area contributed by atoms with Crippen LogP contribution in [0.2, 0.25) is 0 Å². The van der Waals surface area contributed by atoms with Gasteiger partial charge in [0, 0.05) is 43.8 Å². The Morgan fingerprint density at radius 1 is 1.10 bits per heavy atom. The van der Waals surface area contributed by atoms with Gasteiger partial charge in [0.15, 0.2) is 0 Å². The third-order valence-electron chi connectivity index (χ3n) is 5.61. The van der Waals surface area contributed by atoms with Crippen LogP contribution in [0, 0.1) is 5.82 Å². The Bertz CT molecular complexity index is 1190. The average molecular weight is 417 g/mol. The molecule has 1 N–H and O–H groups in total. The highest BCUT2D eigenvalue weighted by molar-refractivity contribution is 5.83. The van der Waals surface area contributed by atoms with Crippen molar-refractivity contribution in [3.05, 3.63) is 84.1 Å². The second-order valence-corrected chi connectivity index (χ2v) is 7.81. The number of rotatable bonds is 5. The lowest BCUT2D eigenvalue weighted by Gasteiger charge is -2.32. The van der Waals surface area contributed by atoms with E-state index in [1.54, 1.807) is 6.07 Å². The molecule has 0 spiro atoms. The van der Waals surface area contributed by atoms with Crippen LogP contribution in [0.3, 0.4) is 0 Å². The molecule has 7 heteroatoms. The third kappa shape index (κ3) is 4.28.